The highest BCUT2D eigenvalue weighted by molar-refractivity contribution is 6.27. The van der Waals surface area contributed by atoms with Crippen LogP contribution in [-0.2, 0) is 0 Å². The maximum absolute atomic E-state index is 6.62. The van der Waals surface area contributed by atoms with Gasteiger partial charge in [-0.2, -0.15) is 0 Å². The Labute approximate surface area is 310 Å². The SMILES string of the molecule is c1ccc(-c2ccc3ccc4c(-c5cc(-c6cccc7c6oc6ccccc67)cc(-c6cccc7c6oc6ccccc67)c5)ccc5ccc2c3c54)cc1. The van der Waals surface area contributed by atoms with E-state index in [2.05, 4.69) is 170 Å². The van der Waals surface area contributed by atoms with Crippen LogP contribution >= 0.6 is 0 Å². The van der Waals surface area contributed by atoms with E-state index in [0.29, 0.717) is 0 Å². The van der Waals surface area contributed by atoms with Gasteiger partial charge in [0.05, 0.1) is 0 Å². The summed E-state index contributed by atoms with van der Waals surface area (Å²) >= 11 is 0. The number of hydrogen-bond donors (Lipinski definition) is 0. The molecule has 0 aliphatic carbocycles. The normalized spacial score (nSPS) is 12.1. The van der Waals surface area contributed by atoms with Crippen LogP contribution in [0, 0.1) is 0 Å². The largest absolute Gasteiger partial charge is 0.455 e. The number of rotatable bonds is 4. The Morgan fingerprint density at radius 2 is 0.685 bits per heavy atom. The molecule has 0 atom stereocenters. The molecule has 0 saturated heterocycles. The lowest BCUT2D eigenvalue weighted by Crippen LogP contribution is -1.91. The zero-order valence-corrected chi connectivity index (χ0v) is 29.1. The van der Waals surface area contributed by atoms with Crippen LogP contribution in [0.15, 0.2) is 191 Å². The minimum absolute atomic E-state index is 0.894. The maximum atomic E-state index is 6.62. The second kappa shape index (κ2) is 11.2. The minimum atomic E-state index is 0.894. The number of fused-ring (bicyclic) bond motifs is 6. The first-order valence-electron chi connectivity index (χ1n) is 18.5. The van der Waals surface area contributed by atoms with Crippen LogP contribution in [0.3, 0.4) is 0 Å². The molecular formula is C52H30O2. The van der Waals surface area contributed by atoms with Gasteiger partial charge in [-0.25, -0.2) is 0 Å². The molecule has 54 heavy (non-hydrogen) atoms. The van der Waals surface area contributed by atoms with Crippen LogP contribution in [-0.4, -0.2) is 0 Å². The van der Waals surface area contributed by atoms with E-state index in [-0.39, 0.29) is 0 Å². The van der Waals surface area contributed by atoms with Crippen LogP contribution in [0.5, 0.6) is 0 Å². The summed E-state index contributed by atoms with van der Waals surface area (Å²) in [5, 5.41) is 12.1. The predicted octanol–water partition coefficient (Wildman–Crippen LogP) is 15.1. The van der Waals surface area contributed by atoms with Gasteiger partial charge >= 0.3 is 0 Å². The van der Waals surface area contributed by atoms with Gasteiger partial charge in [0.1, 0.15) is 22.3 Å². The summed E-state index contributed by atoms with van der Waals surface area (Å²) in [6.07, 6.45) is 0. The van der Waals surface area contributed by atoms with Crippen LogP contribution in [0.1, 0.15) is 0 Å². The Morgan fingerprint density at radius 1 is 0.259 bits per heavy atom. The van der Waals surface area contributed by atoms with Crippen molar-refractivity contribution < 1.29 is 8.83 Å². The van der Waals surface area contributed by atoms with Crippen molar-refractivity contribution in [2.75, 3.05) is 0 Å². The first-order valence-corrected chi connectivity index (χ1v) is 18.5. The third kappa shape index (κ3) is 4.22. The average Bonchev–Trinajstić information content (AvgIpc) is 3.81. The summed E-state index contributed by atoms with van der Waals surface area (Å²) in [5.74, 6) is 0. The fourth-order valence-corrected chi connectivity index (χ4v) is 8.97. The summed E-state index contributed by atoms with van der Waals surface area (Å²) < 4.78 is 13.2. The van der Waals surface area contributed by atoms with Gasteiger partial charge < -0.3 is 8.83 Å². The Balaban J connectivity index is 1.16. The van der Waals surface area contributed by atoms with E-state index in [1.54, 1.807) is 0 Å². The Morgan fingerprint density at radius 3 is 1.22 bits per heavy atom. The van der Waals surface area contributed by atoms with Crippen molar-refractivity contribution in [2.24, 2.45) is 0 Å². The van der Waals surface area contributed by atoms with Gasteiger partial charge in [0.15, 0.2) is 0 Å². The Hall–Kier alpha value is -7.16. The lowest BCUT2D eigenvalue weighted by atomic mass is 9.86. The van der Waals surface area contributed by atoms with Gasteiger partial charge in [-0.3, -0.25) is 0 Å². The standard InChI is InChI=1S/C52H30O2/c1-2-10-31(11-3-1)37-24-20-32-23-27-44-38(25-21-33-22-26-43(37)49(32)50(33)44)34-28-35(39-14-8-16-45-41-12-4-6-18-47(41)53-51(39)45)30-36(29-34)40-15-9-17-46-42-13-5-7-19-48(42)54-52(40)46/h1-30H. The summed E-state index contributed by atoms with van der Waals surface area (Å²) in [5.41, 5.74) is 12.7. The molecule has 0 amide bonds. The highest BCUT2D eigenvalue weighted by Crippen LogP contribution is 2.46. The molecule has 2 heteroatoms. The molecule has 0 radical (unpaired) electrons. The van der Waals surface area contributed by atoms with E-state index in [9.17, 15) is 0 Å². The number of furan rings is 2. The molecule has 2 aromatic heterocycles. The van der Waals surface area contributed by atoms with Crippen LogP contribution < -0.4 is 0 Å². The van der Waals surface area contributed by atoms with E-state index in [1.807, 2.05) is 12.1 Å². The highest BCUT2D eigenvalue weighted by atomic mass is 16.3. The zero-order valence-electron chi connectivity index (χ0n) is 29.1. The van der Waals surface area contributed by atoms with Crippen molar-refractivity contribution in [2.45, 2.75) is 0 Å². The summed E-state index contributed by atoms with van der Waals surface area (Å²) in [7, 11) is 0. The fraction of sp³-hybridized carbons (Fsp3) is 0. The van der Waals surface area contributed by atoms with E-state index in [1.165, 1.54) is 49.0 Å². The molecule has 12 aromatic rings. The van der Waals surface area contributed by atoms with Gasteiger partial charge in [0, 0.05) is 32.7 Å². The number of benzene rings is 10. The van der Waals surface area contributed by atoms with Crippen LogP contribution in [0.4, 0.5) is 0 Å². The first-order chi connectivity index (χ1) is 26.8. The molecule has 0 aliphatic heterocycles. The topological polar surface area (TPSA) is 26.3 Å². The van der Waals surface area contributed by atoms with Gasteiger partial charge in [0.25, 0.3) is 0 Å². The molecule has 250 valence electrons. The zero-order chi connectivity index (χ0) is 35.3. The molecule has 0 saturated carbocycles. The third-order valence-electron chi connectivity index (χ3n) is 11.4. The van der Waals surface area contributed by atoms with Crippen molar-refractivity contribution >= 4 is 76.2 Å². The molecule has 0 unspecified atom stereocenters. The monoisotopic (exact) mass is 686 g/mol. The quantitative estimate of drug-likeness (QED) is 0.172. The van der Waals surface area contributed by atoms with Crippen LogP contribution in [0.2, 0.25) is 0 Å². The molecule has 0 bridgehead atoms. The number of hydrogen-bond acceptors (Lipinski definition) is 2. The molecule has 10 aromatic carbocycles. The molecule has 0 N–H and O–H groups in total. The third-order valence-corrected chi connectivity index (χ3v) is 11.4. The van der Waals surface area contributed by atoms with Crippen molar-refractivity contribution in [1.29, 1.82) is 0 Å². The minimum Gasteiger partial charge on any atom is -0.455 e. The summed E-state index contributed by atoms with van der Waals surface area (Å²) in [4.78, 5) is 0. The second-order valence-corrected chi connectivity index (χ2v) is 14.4. The first kappa shape index (κ1) is 29.4. The molecule has 2 heterocycles. The molecular weight excluding hydrogens is 657 g/mol. The number of para-hydroxylation sites is 4. The van der Waals surface area contributed by atoms with Crippen molar-refractivity contribution in [3.8, 4) is 44.5 Å². The highest BCUT2D eigenvalue weighted by Gasteiger charge is 2.19. The Bertz CT molecular complexity index is 3300. The van der Waals surface area contributed by atoms with Gasteiger partial charge in [-0.15, -0.1) is 0 Å². The van der Waals surface area contributed by atoms with E-state index in [0.717, 1.165) is 71.7 Å². The predicted molar refractivity (Wildman–Crippen MR) is 226 cm³/mol. The van der Waals surface area contributed by atoms with Crippen molar-refractivity contribution in [1.82, 2.24) is 0 Å². The average molecular weight is 687 g/mol. The molecule has 0 fully saturated rings. The lowest BCUT2D eigenvalue weighted by Gasteiger charge is -2.18. The fourth-order valence-electron chi connectivity index (χ4n) is 8.97. The van der Waals surface area contributed by atoms with Gasteiger partial charge in [-0.05, 0) is 96.0 Å². The summed E-state index contributed by atoms with van der Waals surface area (Å²) in [6.45, 7) is 0. The second-order valence-electron chi connectivity index (χ2n) is 14.4. The molecule has 12 rings (SSSR count). The van der Waals surface area contributed by atoms with Crippen LogP contribution in [0.25, 0.3) is 121 Å². The van der Waals surface area contributed by atoms with Gasteiger partial charge in [0.2, 0.25) is 0 Å². The van der Waals surface area contributed by atoms with E-state index < -0.39 is 0 Å². The van der Waals surface area contributed by atoms with Crippen molar-refractivity contribution in [3.05, 3.63) is 182 Å². The van der Waals surface area contributed by atoms with E-state index >= 15 is 0 Å². The Kier molecular flexibility index (Phi) is 6.09. The smallest absolute Gasteiger partial charge is 0.143 e. The molecule has 2 nitrogen and oxygen atoms in total. The van der Waals surface area contributed by atoms with Gasteiger partial charge in [-0.1, -0.05) is 152 Å². The maximum Gasteiger partial charge on any atom is 0.143 e. The summed E-state index contributed by atoms with van der Waals surface area (Å²) in [6, 6.07) is 65.6. The molecule has 0 spiro atoms. The van der Waals surface area contributed by atoms with E-state index in [4.69, 9.17) is 8.83 Å². The molecule has 0 aliphatic rings. The van der Waals surface area contributed by atoms with Crippen molar-refractivity contribution in [3.63, 3.8) is 0 Å². The lowest BCUT2D eigenvalue weighted by molar-refractivity contribution is 0.670.